The summed E-state index contributed by atoms with van der Waals surface area (Å²) in [6.07, 6.45) is 2.98. The van der Waals surface area contributed by atoms with Crippen molar-refractivity contribution in [2.75, 3.05) is 27.2 Å². The van der Waals surface area contributed by atoms with Crippen molar-refractivity contribution in [3.63, 3.8) is 0 Å². The van der Waals surface area contributed by atoms with Crippen molar-refractivity contribution in [3.8, 4) is 11.5 Å². The monoisotopic (exact) mass is 542 g/mol. The lowest BCUT2D eigenvalue weighted by atomic mass is 9.88. The first-order valence-corrected chi connectivity index (χ1v) is 13.2. The van der Waals surface area contributed by atoms with Crippen LogP contribution in [-0.4, -0.2) is 59.5 Å². The summed E-state index contributed by atoms with van der Waals surface area (Å²) >= 11 is 0. The highest BCUT2D eigenvalue weighted by molar-refractivity contribution is 6.11. The number of H-pyrrole nitrogens is 1. The van der Waals surface area contributed by atoms with E-state index in [2.05, 4.69) is 15.3 Å². The lowest BCUT2D eigenvalue weighted by Gasteiger charge is -2.13. The molecule has 1 aliphatic rings. The molecule has 1 saturated carbocycles. The van der Waals surface area contributed by atoms with Gasteiger partial charge in [-0.25, -0.2) is 9.37 Å². The molecule has 0 aliphatic heterocycles. The molecule has 0 saturated heterocycles. The van der Waals surface area contributed by atoms with Gasteiger partial charge in [-0.05, 0) is 74.5 Å². The van der Waals surface area contributed by atoms with Crippen LogP contribution in [0.15, 0.2) is 66.9 Å². The Morgan fingerprint density at radius 2 is 1.60 bits per heavy atom. The Bertz CT molecular complexity index is 1540. The average molecular weight is 543 g/mol. The van der Waals surface area contributed by atoms with Gasteiger partial charge in [-0.15, -0.1) is 0 Å². The molecule has 40 heavy (non-hydrogen) atoms. The quantitative estimate of drug-likeness (QED) is 0.256. The second kappa shape index (κ2) is 11.4. The van der Waals surface area contributed by atoms with Crippen LogP contribution in [0.2, 0.25) is 0 Å². The predicted molar refractivity (Wildman–Crippen MR) is 149 cm³/mol. The first kappa shape index (κ1) is 27.2. The highest BCUT2D eigenvalue weighted by Crippen LogP contribution is 2.48. The summed E-state index contributed by atoms with van der Waals surface area (Å²) in [5.74, 6) is 0.335. The zero-order valence-corrected chi connectivity index (χ0v) is 22.5. The summed E-state index contributed by atoms with van der Waals surface area (Å²) < 4.78 is 19.3. The van der Waals surface area contributed by atoms with Gasteiger partial charge in [0.15, 0.2) is 11.6 Å². The van der Waals surface area contributed by atoms with E-state index in [1.807, 2.05) is 31.1 Å². The van der Waals surface area contributed by atoms with Crippen LogP contribution in [0.3, 0.4) is 0 Å². The number of nitrogens with one attached hydrogen (secondary N) is 2. The average Bonchev–Trinajstić information content (AvgIpc) is 3.63. The number of aromatic nitrogens is 2. The van der Waals surface area contributed by atoms with Gasteiger partial charge in [0.05, 0.1) is 10.8 Å². The molecule has 2 N–H and O–H groups in total. The number of carbonyl (C=O) groups excluding carboxylic acids is 3. The highest BCUT2D eigenvalue weighted by atomic mass is 19.1. The van der Waals surface area contributed by atoms with Gasteiger partial charge < -0.3 is 19.9 Å². The van der Waals surface area contributed by atoms with Gasteiger partial charge in [0.1, 0.15) is 28.7 Å². The fraction of sp³-hybridized carbons (Fsp3) is 0.290. The smallest absolute Gasteiger partial charge is 0.267 e. The van der Waals surface area contributed by atoms with Gasteiger partial charge in [0.25, 0.3) is 5.91 Å². The van der Waals surface area contributed by atoms with E-state index < -0.39 is 5.41 Å². The van der Waals surface area contributed by atoms with Crippen molar-refractivity contribution in [3.05, 3.63) is 89.5 Å². The zero-order valence-electron chi connectivity index (χ0n) is 22.5. The molecule has 206 valence electrons. The van der Waals surface area contributed by atoms with Gasteiger partial charge in [-0.2, -0.15) is 0 Å². The van der Waals surface area contributed by atoms with Crippen LogP contribution < -0.4 is 10.1 Å². The van der Waals surface area contributed by atoms with E-state index in [0.717, 1.165) is 12.1 Å². The molecule has 0 radical (unpaired) electrons. The molecular weight excluding hydrogens is 511 g/mol. The minimum Gasteiger partial charge on any atom is -0.457 e. The number of likely N-dealkylation sites (N-methyl/N-ethyl adjacent to an activating group) is 1. The summed E-state index contributed by atoms with van der Waals surface area (Å²) in [4.78, 5) is 47.9. The number of hydrogen-bond acceptors (Lipinski definition) is 6. The molecule has 1 aliphatic carbocycles. The Balaban J connectivity index is 1.21. The maximum absolute atomic E-state index is 13.2. The van der Waals surface area contributed by atoms with E-state index in [0.29, 0.717) is 53.2 Å². The van der Waals surface area contributed by atoms with Crippen LogP contribution in [0.1, 0.15) is 34.5 Å². The number of hydrogen-bond donors (Lipinski definition) is 2. The number of benzene rings is 2. The van der Waals surface area contributed by atoms with Crippen molar-refractivity contribution in [2.24, 2.45) is 5.41 Å². The minimum absolute atomic E-state index is 0.0900. The summed E-state index contributed by atoms with van der Waals surface area (Å²) in [5, 5.41) is 3.55. The van der Waals surface area contributed by atoms with Crippen molar-refractivity contribution in [1.29, 1.82) is 0 Å². The Kier molecular flexibility index (Phi) is 7.75. The van der Waals surface area contributed by atoms with Gasteiger partial charge in [0.2, 0.25) is 0 Å². The molecule has 2 heterocycles. The van der Waals surface area contributed by atoms with E-state index in [1.54, 1.807) is 42.6 Å². The van der Waals surface area contributed by atoms with Crippen LogP contribution in [0.4, 0.5) is 4.39 Å². The van der Waals surface area contributed by atoms with Crippen LogP contribution >= 0.6 is 0 Å². The first-order valence-electron chi connectivity index (χ1n) is 13.2. The molecule has 5 rings (SSSR count). The fourth-order valence-electron chi connectivity index (χ4n) is 4.65. The Labute approximate surface area is 231 Å². The third kappa shape index (κ3) is 6.10. The van der Waals surface area contributed by atoms with Gasteiger partial charge >= 0.3 is 0 Å². The largest absolute Gasteiger partial charge is 0.457 e. The van der Waals surface area contributed by atoms with E-state index in [1.165, 1.54) is 12.1 Å². The number of carbonyl (C=O) groups is 3. The zero-order chi connectivity index (χ0) is 28.3. The Morgan fingerprint density at radius 3 is 2.20 bits per heavy atom. The SMILES string of the molecule is CN(C)CCNC(=O)c1cc2c(Oc3ccc(CC(=O)C4(C(=O)Cc5ccc(F)cc5)CC4)cc3)ccnc2[nH]1. The molecule has 4 aromatic rings. The maximum Gasteiger partial charge on any atom is 0.267 e. The van der Waals surface area contributed by atoms with E-state index in [9.17, 15) is 18.8 Å². The van der Waals surface area contributed by atoms with Gasteiger partial charge in [-0.1, -0.05) is 24.3 Å². The molecule has 0 atom stereocenters. The number of pyridine rings is 1. The van der Waals surface area contributed by atoms with Crippen LogP contribution in [0.25, 0.3) is 11.0 Å². The third-order valence-corrected chi connectivity index (χ3v) is 7.19. The van der Waals surface area contributed by atoms with Gasteiger partial charge in [-0.3, -0.25) is 14.4 Å². The van der Waals surface area contributed by atoms with Gasteiger partial charge in [0, 0.05) is 32.1 Å². The number of nitrogens with zero attached hydrogens (tertiary/aromatic N) is 2. The second-order valence-corrected chi connectivity index (χ2v) is 10.5. The van der Waals surface area contributed by atoms with E-state index >= 15 is 0 Å². The Morgan fingerprint density at radius 1 is 0.975 bits per heavy atom. The number of ketones is 2. The maximum atomic E-state index is 13.2. The fourth-order valence-corrected chi connectivity index (χ4v) is 4.65. The van der Waals surface area contributed by atoms with Crippen molar-refractivity contribution >= 4 is 28.5 Å². The number of fused-ring (bicyclic) bond motifs is 1. The molecular formula is C31H31FN4O4. The highest BCUT2D eigenvalue weighted by Gasteiger charge is 2.54. The molecule has 9 heteroatoms. The third-order valence-electron chi connectivity index (χ3n) is 7.19. The minimum atomic E-state index is -0.934. The summed E-state index contributed by atoms with van der Waals surface area (Å²) in [6, 6.07) is 16.4. The number of rotatable bonds is 12. The lowest BCUT2D eigenvalue weighted by Crippen LogP contribution is -2.31. The van der Waals surface area contributed by atoms with E-state index in [4.69, 9.17) is 4.74 Å². The number of aromatic amines is 1. The number of amides is 1. The molecule has 2 aromatic carbocycles. The summed E-state index contributed by atoms with van der Waals surface area (Å²) in [7, 11) is 3.88. The standard InChI is InChI=1S/C31H31FN4O4/c1-36(2)16-15-34-30(39)25-19-24-26(11-14-33-29(24)35-25)40-23-9-5-21(6-10-23)18-28(38)31(12-13-31)27(37)17-20-3-7-22(32)8-4-20/h3-11,14,19H,12-13,15-18H2,1-2H3,(H,33,35)(H,34,39). The van der Waals surface area contributed by atoms with Crippen molar-refractivity contribution in [1.82, 2.24) is 20.2 Å². The molecule has 0 spiro atoms. The van der Waals surface area contributed by atoms with Crippen molar-refractivity contribution in [2.45, 2.75) is 25.7 Å². The molecule has 8 nitrogen and oxygen atoms in total. The normalized spacial score (nSPS) is 13.8. The first-order chi connectivity index (χ1) is 19.2. The summed E-state index contributed by atoms with van der Waals surface area (Å²) in [6.45, 7) is 1.25. The predicted octanol–water partition coefficient (Wildman–Crippen LogP) is 4.49. The molecule has 1 amide bonds. The molecule has 2 aromatic heterocycles. The number of ether oxygens (including phenoxy) is 1. The molecule has 1 fully saturated rings. The van der Waals surface area contributed by atoms with Crippen LogP contribution in [0, 0.1) is 11.2 Å². The molecule has 0 bridgehead atoms. The van der Waals surface area contributed by atoms with Crippen LogP contribution in [-0.2, 0) is 22.4 Å². The summed E-state index contributed by atoms with van der Waals surface area (Å²) in [5.41, 5.74) is 1.50. The van der Waals surface area contributed by atoms with Crippen molar-refractivity contribution < 1.29 is 23.5 Å². The molecule has 0 unspecified atom stereocenters. The Hall–Kier alpha value is -4.37. The van der Waals surface area contributed by atoms with Crippen LogP contribution in [0.5, 0.6) is 11.5 Å². The number of halogens is 1. The topological polar surface area (TPSA) is 104 Å². The lowest BCUT2D eigenvalue weighted by molar-refractivity contribution is -0.133. The second-order valence-electron chi connectivity index (χ2n) is 10.5. The van der Waals surface area contributed by atoms with E-state index in [-0.39, 0.29) is 36.1 Å². The number of Topliss-reactive ketones (excluding diaryl/α,β-unsaturated/α-hetero) is 2.